The summed E-state index contributed by atoms with van der Waals surface area (Å²) in [5.74, 6) is 1.46. The number of hydrogen-bond donors (Lipinski definition) is 1. The van der Waals surface area contributed by atoms with E-state index in [1.165, 1.54) is 17.2 Å². The van der Waals surface area contributed by atoms with Crippen molar-refractivity contribution in [2.24, 2.45) is 0 Å². The zero-order valence-corrected chi connectivity index (χ0v) is 27.0. The average molecular weight is 633 g/mol. The number of benzene rings is 2. The quantitative estimate of drug-likeness (QED) is 0.188. The minimum atomic E-state index is -0.576. The Morgan fingerprint density at radius 2 is 1.85 bits per heavy atom. The first-order valence-corrected chi connectivity index (χ1v) is 15.1. The number of fused-ring (bicyclic) bond motifs is 1. The van der Waals surface area contributed by atoms with Crippen LogP contribution in [0.4, 0.5) is 10.5 Å². The van der Waals surface area contributed by atoms with Crippen LogP contribution in [0.25, 0.3) is 10.9 Å². The van der Waals surface area contributed by atoms with Gasteiger partial charge >= 0.3 is 6.09 Å². The third-order valence-electron chi connectivity index (χ3n) is 6.95. The van der Waals surface area contributed by atoms with E-state index in [1.807, 2.05) is 45.9 Å². The molecular weight excluding hydrogens is 592 g/mol. The third kappa shape index (κ3) is 8.62. The van der Waals surface area contributed by atoms with E-state index >= 15 is 0 Å². The molecule has 0 saturated heterocycles. The fourth-order valence-corrected chi connectivity index (χ4v) is 4.84. The second-order valence-corrected chi connectivity index (χ2v) is 12.1. The summed E-state index contributed by atoms with van der Waals surface area (Å²) < 4.78 is 29.5. The van der Waals surface area contributed by atoms with Gasteiger partial charge in [0.25, 0.3) is 0 Å². The zero-order valence-electron chi connectivity index (χ0n) is 27.0. The molecule has 0 aliphatic heterocycles. The van der Waals surface area contributed by atoms with E-state index in [-0.39, 0.29) is 24.6 Å². The number of anilines is 1. The number of nitrogens with one attached hydrogen (secondary N) is 1. The van der Waals surface area contributed by atoms with Gasteiger partial charge in [0.05, 0.1) is 37.0 Å². The van der Waals surface area contributed by atoms with Crippen LogP contribution >= 0.6 is 0 Å². The van der Waals surface area contributed by atoms with Crippen molar-refractivity contribution in [1.82, 2.24) is 24.6 Å². The van der Waals surface area contributed by atoms with Gasteiger partial charge in [0.1, 0.15) is 25.1 Å². The van der Waals surface area contributed by atoms with Crippen LogP contribution in [0.15, 0.2) is 49.1 Å². The van der Waals surface area contributed by atoms with Crippen LogP contribution in [0.2, 0.25) is 0 Å². The molecule has 0 bridgehead atoms. The molecule has 0 unspecified atom stereocenters. The standard InChI is InChI=1S/C33H40N6O7/c1-21-11-22(17-39(24-7-8-24)32(41)46-33(2,3)4)13-23(12-21)37-30(40)19-38-18-25(16-36-38)45-31-26-14-28(43-6)29(44-10-9-42-5)15-27(26)34-20-35-31/h11-16,18,20,24H,7-10,17,19H2,1-6H3,(H,37,40). The Kier molecular flexibility index (Phi) is 9.90. The minimum Gasteiger partial charge on any atom is -0.493 e. The van der Waals surface area contributed by atoms with Crippen molar-refractivity contribution in [3.63, 3.8) is 0 Å². The monoisotopic (exact) mass is 632 g/mol. The molecule has 2 aromatic heterocycles. The lowest BCUT2D eigenvalue weighted by Crippen LogP contribution is -2.37. The molecule has 1 N–H and O–H groups in total. The molecule has 0 radical (unpaired) electrons. The third-order valence-corrected chi connectivity index (χ3v) is 6.95. The summed E-state index contributed by atoms with van der Waals surface area (Å²) in [7, 11) is 3.15. The lowest BCUT2D eigenvalue weighted by Gasteiger charge is -2.27. The van der Waals surface area contributed by atoms with Crippen molar-refractivity contribution in [2.75, 3.05) is 32.8 Å². The molecule has 244 valence electrons. The number of amides is 2. The van der Waals surface area contributed by atoms with Gasteiger partial charge < -0.3 is 33.9 Å². The Balaban J connectivity index is 1.23. The van der Waals surface area contributed by atoms with Gasteiger partial charge in [0.15, 0.2) is 17.2 Å². The molecule has 4 aromatic rings. The van der Waals surface area contributed by atoms with Crippen molar-refractivity contribution in [3.05, 3.63) is 60.2 Å². The summed E-state index contributed by atoms with van der Waals surface area (Å²) in [5, 5.41) is 7.85. The SMILES string of the molecule is COCCOc1cc2ncnc(Oc3cnn(CC(=O)Nc4cc(C)cc(CN(C(=O)OC(C)(C)C)C5CC5)c4)c3)c2cc1OC. The van der Waals surface area contributed by atoms with Gasteiger partial charge in [0.2, 0.25) is 11.8 Å². The second-order valence-electron chi connectivity index (χ2n) is 12.1. The summed E-state index contributed by atoms with van der Waals surface area (Å²) in [5.41, 5.74) is 2.53. The van der Waals surface area contributed by atoms with E-state index in [0.717, 1.165) is 24.0 Å². The highest BCUT2D eigenvalue weighted by Crippen LogP contribution is 2.36. The molecule has 13 nitrogen and oxygen atoms in total. The molecule has 5 rings (SSSR count). The van der Waals surface area contributed by atoms with Crippen molar-refractivity contribution in [2.45, 2.75) is 65.3 Å². The van der Waals surface area contributed by atoms with Crippen LogP contribution in [0.3, 0.4) is 0 Å². The lowest BCUT2D eigenvalue weighted by molar-refractivity contribution is -0.116. The molecule has 2 aromatic carbocycles. The number of aromatic nitrogens is 4. The molecule has 2 amide bonds. The van der Waals surface area contributed by atoms with Crippen LogP contribution in [-0.2, 0) is 27.4 Å². The van der Waals surface area contributed by atoms with Gasteiger partial charge in [-0.15, -0.1) is 0 Å². The van der Waals surface area contributed by atoms with Crippen LogP contribution in [0.5, 0.6) is 23.1 Å². The number of rotatable bonds is 13. The van der Waals surface area contributed by atoms with E-state index in [2.05, 4.69) is 20.4 Å². The van der Waals surface area contributed by atoms with Crippen LogP contribution in [0, 0.1) is 6.92 Å². The average Bonchev–Trinajstić information content (AvgIpc) is 3.74. The Labute approximate surface area is 267 Å². The topological polar surface area (TPSA) is 139 Å². The van der Waals surface area contributed by atoms with Gasteiger partial charge in [-0.1, -0.05) is 6.07 Å². The zero-order chi connectivity index (χ0) is 32.8. The van der Waals surface area contributed by atoms with E-state index in [0.29, 0.717) is 59.5 Å². The van der Waals surface area contributed by atoms with Gasteiger partial charge in [-0.2, -0.15) is 5.10 Å². The number of ether oxygens (including phenoxy) is 5. The fourth-order valence-electron chi connectivity index (χ4n) is 4.84. The normalized spacial score (nSPS) is 12.9. The lowest BCUT2D eigenvalue weighted by atomic mass is 10.1. The molecule has 13 heteroatoms. The highest BCUT2D eigenvalue weighted by Gasteiger charge is 2.35. The van der Waals surface area contributed by atoms with Crippen molar-refractivity contribution < 1.29 is 33.3 Å². The van der Waals surface area contributed by atoms with E-state index in [4.69, 9.17) is 23.7 Å². The molecule has 1 aliphatic rings. The van der Waals surface area contributed by atoms with E-state index < -0.39 is 5.60 Å². The number of methoxy groups -OCH3 is 2. The molecule has 0 spiro atoms. The smallest absolute Gasteiger partial charge is 0.410 e. The Bertz CT molecular complexity index is 1700. The maximum Gasteiger partial charge on any atom is 0.410 e. The highest BCUT2D eigenvalue weighted by molar-refractivity contribution is 5.90. The van der Waals surface area contributed by atoms with Crippen LogP contribution in [0.1, 0.15) is 44.7 Å². The van der Waals surface area contributed by atoms with Crippen molar-refractivity contribution in [1.29, 1.82) is 0 Å². The summed E-state index contributed by atoms with van der Waals surface area (Å²) in [4.78, 5) is 36.2. The maximum absolute atomic E-state index is 13.0. The summed E-state index contributed by atoms with van der Waals surface area (Å²) in [6, 6.07) is 9.45. The van der Waals surface area contributed by atoms with Gasteiger partial charge in [-0.3, -0.25) is 9.48 Å². The first-order chi connectivity index (χ1) is 22.0. The van der Waals surface area contributed by atoms with Crippen LogP contribution < -0.4 is 19.5 Å². The molecular formula is C33H40N6O7. The number of carbonyl (C=O) groups is 2. The number of hydrogen-bond acceptors (Lipinski definition) is 10. The predicted octanol–water partition coefficient (Wildman–Crippen LogP) is 5.50. The second kappa shape index (κ2) is 14.0. The Hall–Kier alpha value is -4.91. The van der Waals surface area contributed by atoms with Crippen molar-refractivity contribution >= 4 is 28.6 Å². The van der Waals surface area contributed by atoms with Crippen LogP contribution in [-0.4, -0.2) is 75.7 Å². The molecule has 1 aliphatic carbocycles. The predicted molar refractivity (Wildman–Crippen MR) is 170 cm³/mol. The fraction of sp³-hybridized carbons (Fsp3) is 0.424. The van der Waals surface area contributed by atoms with Crippen molar-refractivity contribution in [3.8, 4) is 23.1 Å². The van der Waals surface area contributed by atoms with E-state index in [1.54, 1.807) is 37.4 Å². The first kappa shape index (κ1) is 32.5. The molecule has 1 fully saturated rings. The molecule has 1 saturated carbocycles. The van der Waals surface area contributed by atoms with Gasteiger partial charge in [-0.05, 0) is 69.9 Å². The summed E-state index contributed by atoms with van der Waals surface area (Å²) in [6.07, 6.45) is 6.10. The van der Waals surface area contributed by atoms with E-state index in [9.17, 15) is 9.59 Å². The summed E-state index contributed by atoms with van der Waals surface area (Å²) in [6.45, 7) is 8.67. The minimum absolute atomic E-state index is 0.0424. The molecule has 46 heavy (non-hydrogen) atoms. The molecule has 2 heterocycles. The van der Waals surface area contributed by atoms with Gasteiger partial charge in [-0.25, -0.2) is 14.8 Å². The number of aryl methyl sites for hydroxylation is 1. The Morgan fingerprint density at radius 1 is 1.04 bits per heavy atom. The highest BCUT2D eigenvalue weighted by atomic mass is 16.6. The molecule has 0 atom stereocenters. The first-order valence-electron chi connectivity index (χ1n) is 15.1. The van der Waals surface area contributed by atoms with Gasteiger partial charge in [0, 0.05) is 31.5 Å². The largest absolute Gasteiger partial charge is 0.493 e. The summed E-state index contributed by atoms with van der Waals surface area (Å²) >= 11 is 0. The number of nitrogens with zero attached hydrogens (tertiary/aromatic N) is 5. The Morgan fingerprint density at radius 3 is 2.57 bits per heavy atom. The maximum atomic E-state index is 13.0. The number of carbonyl (C=O) groups excluding carboxylic acids is 2.